The molecule has 0 fully saturated rings. The second-order valence-electron chi connectivity index (χ2n) is 5.80. The van der Waals surface area contributed by atoms with Crippen LogP contribution >= 0.6 is 0 Å². The summed E-state index contributed by atoms with van der Waals surface area (Å²) in [5.74, 6) is 1.18. The van der Waals surface area contributed by atoms with Crippen molar-refractivity contribution in [3.05, 3.63) is 60.2 Å². The zero-order valence-corrected chi connectivity index (χ0v) is 13.2. The number of hydrogen-bond donors (Lipinski definition) is 1. The third-order valence-electron chi connectivity index (χ3n) is 3.90. The van der Waals surface area contributed by atoms with E-state index in [0.717, 1.165) is 12.8 Å². The van der Waals surface area contributed by atoms with Crippen LogP contribution in [0, 0.1) is 0 Å². The van der Waals surface area contributed by atoms with Crippen LogP contribution in [0.2, 0.25) is 0 Å². The van der Waals surface area contributed by atoms with Gasteiger partial charge in [-0.2, -0.15) is 0 Å². The van der Waals surface area contributed by atoms with Crippen LogP contribution in [0.1, 0.15) is 18.9 Å². The number of hydrogen-bond acceptors (Lipinski definition) is 3. The van der Waals surface area contributed by atoms with Crippen molar-refractivity contribution in [2.75, 3.05) is 6.61 Å². The molecule has 2 aromatic rings. The molecular formula is C19H21NO3. The molecule has 0 saturated heterocycles. The molecule has 1 N–H and O–H groups in total. The number of ether oxygens (including phenoxy) is 2. The van der Waals surface area contributed by atoms with E-state index < -0.39 is 6.10 Å². The van der Waals surface area contributed by atoms with Crippen LogP contribution in [0.3, 0.4) is 0 Å². The molecule has 3 rings (SSSR count). The van der Waals surface area contributed by atoms with Gasteiger partial charge in [-0.3, -0.25) is 4.79 Å². The van der Waals surface area contributed by atoms with Crippen molar-refractivity contribution >= 4 is 5.91 Å². The average molecular weight is 311 g/mol. The Labute approximate surface area is 136 Å². The number of carbonyl (C=O) groups is 1. The summed E-state index contributed by atoms with van der Waals surface area (Å²) in [6, 6.07) is 17.8. The van der Waals surface area contributed by atoms with E-state index in [2.05, 4.69) is 17.4 Å². The molecule has 0 radical (unpaired) electrons. The monoisotopic (exact) mass is 311 g/mol. The van der Waals surface area contributed by atoms with Gasteiger partial charge >= 0.3 is 0 Å². The zero-order valence-electron chi connectivity index (χ0n) is 13.2. The first-order valence-corrected chi connectivity index (χ1v) is 7.95. The standard InChI is InChI=1S/C19H21NO3/c1-14(11-12-15-7-3-2-4-8-15)20-19(21)18-13-22-16-9-5-6-10-17(16)23-18/h2-10,14,18H,11-13H2,1H3,(H,20,21)/t14-,18-/m0/s1. The maximum Gasteiger partial charge on any atom is 0.264 e. The number of aryl methyl sites for hydroxylation is 1. The minimum atomic E-state index is -0.593. The maximum atomic E-state index is 12.3. The van der Waals surface area contributed by atoms with Crippen LogP contribution in [-0.4, -0.2) is 24.7 Å². The molecule has 4 nitrogen and oxygen atoms in total. The van der Waals surface area contributed by atoms with Crippen molar-refractivity contribution in [1.82, 2.24) is 5.32 Å². The molecule has 1 aliphatic heterocycles. The fourth-order valence-corrected chi connectivity index (χ4v) is 2.58. The predicted octanol–water partition coefficient (Wildman–Crippen LogP) is 2.96. The van der Waals surface area contributed by atoms with Crippen LogP contribution in [0.4, 0.5) is 0 Å². The van der Waals surface area contributed by atoms with Gasteiger partial charge in [0.25, 0.3) is 5.91 Å². The lowest BCUT2D eigenvalue weighted by Crippen LogP contribution is -2.47. The van der Waals surface area contributed by atoms with E-state index >= 15 is 0 Å². The van der Waals surface area contributed by atoms with Crippen LogP contribution < -0.4 is 14.8 Å². The molecule has 1 amide bonds. The highest BCUT2D eigenvalue weighted by molar-refractivity contribution is 5.82. The Morgan fingerprint density at radius 1 is 1.13 bits per heavy atom. The quantitative estimate of drug-likeness (QED) is 0.923. The predicted molar refractivity (Wildman–Crippen MR) is 88.7 cm³/mol. The molecule has 0 spiro atoms. The summed E-state index contributed by atoms with van der Waals surface area (Å²) in [5, 5.41) is 3.01. The molecule has 23 heavy (non-hydrogen) atoms. The topological polar surface area (TPSA) is 47.6 Å². The Morgan fingerprint density at radius 2 is 1.83 bits per heavy atom. The third kappa shape index (κ3) is 4.03. The highest BCUT2D eigenvalue weighted by Gasteiger charge is 2.27. The first kappa shape index (κ1) is 15.4. The van der Waals surface area contributed by atoms with Gasteiger partial charge in [0.15, 0.2) is 11.5 Å². The van der Waals surface area contributed by atoms with Crippen LogP contribution in [0.25, 0.3) is 0 Å². The van der Waals surface area contributed by atoms with Gasteiger partial charge in [0, 0.05) is 6.04 Å². The first-order valence-electron chi connectivity index (χ1n) is 7.95. The van der Waals surface area contributed by atoms with Gasteiger partial charge in [0.1, 0.15) is 6.61 Å². The second-order valence-corrected chi connectivity index (χ2v) is 5.80. The molecule has 0 aliphatic carbocycles. The van der Waals surface area contributed by atoms with Gasteiger partial charge in [-0.1, -0.05) is 42.5 Å². The number of fused-ring (bicyclic) bond motifs is 1. The van der Waals surface area contributed by atoms with Gasteiger partial charge in [-0.05, 0) is 37.5 Å². The van der Waals surface area contributed by atoms with Crippen molar-refractivity contribution in [2.24, 2.45) is 0 Å². The fraction of sp³-hybridized carbons (Fsp3) is 0.316. The number of nitrogens with one attached hydrogen (secondary N) is 1. The molecule has 4 heteroatoms. The van der Waals surface area contributed by atoms with E-state index in [9.17, 15) is 4.79 Å². The molecule has 120 valence electrons. The number of amides is 1. The van der Waals surface area contributed by atoms with Crippen LogP contribution in [0.15, 0.2) is 54.6 Å². The number of benzene rings is 2. The van der Waals surface area contributed by atoms with Gasteiger partial charge in [0.05, 0.1) is 0 Å². The van der Waals surface area contributed by atoms with Crippen LogP contribution in [-0.2, 0) is 11.2 Å². The van der Waals surface area contributed by atoms with Crippen molar-refractivity contribution in [1.29, 1.82) is 0 Å². The van der Waals surface area contributed by atoms with Gasteiger partial charge < -0.3 is 14.8 Å². The SMILES string of the molecule is C[C@@H](CCc1ccccc1)NC(=O)[C@@H]1COc2ccccc2O1. The highest BCUT2D eigenvalue weighted by atomic mass is 16.6. The van der Waals surface area contributed by atoms with E-state index in [-0.39, 0.29) is 18.6 Å². The average Bonchev–Trinajstić information content (AvgIpc) is 2.60. The summed E-state index contributed by atoms with van der Waals surface area (Å²) in [6.45, 7) is 2.26. The van der Waals surface area contributed by atoms with Gasteiger partial charge in [-0.25, -0.2) is 0 Å². The molecule has 0 aromatic heterocycles. The highest BCUT2D eigenvalue weighted by Crippen LogP contribution is 2.30. The molecule has 2 aromatic carbocycles. The van der Waals surface area contributed by atoms with E-state index in [1.807, 2.05) is 49.4 Å². The van der Waals surface area contributed by atoms with E-state index in [4.69, 9.17) is 9.47 Å². The van der Waals surface area contributed by atoms with E-state index in [1.165, 1.54) is 5.56 Å². The maximum absolute atomic E-state index is 12.3. The lowest BCUT2D eigenvalue weighted by molar-refractivity contribution is -0.131. The normalized spacial score (nSPS) is 17.3. The number of rotatable bonds is 5. The molecule has 0 unspecified atom stereocenters. The van der Waals surface area contributed by atoms with E-state index in [1.54, 1.807) is 0 Å². The van der Waals surface area contributed by atoms with Crippen LogP contribution in [0.5, 0.6) is 11.5 Å². The minimum Gasteiger partial charge on any atom is -0.485 e. The Morgan fingerprint density at radius 3 is 2.61 bits per heavy atom. The summed E-state index contributed by atoms with van der Waals surface area (Å²) in [7, 11) is 0. The largest absolute Gasteiger partial charge is 0.485 e. The Hall–Kier alpha value is -2.49. The molecule has 1 heterocycles. The number of carbonyl (C=O) groups excluding carboxylic acids is 1. The Kier molecular flexibility index (Phi) is 4.81. The Balaban J connectivity index is 1.49. The summed E-state index contributed by atoms with van der Waals surface area (Å²) < 4.78 is 11.3. The zero-order chi connectivity index (χ0) is 16.1. The second kappa shape index (κ2) is 7.18. The minimum absolute atomic E-state index is 0.0866. The smallest absolute Gasteiger partial charge is 0.264 e. The van der Waals surface area contributed by atoms with Crippen molar-refractivity contribution in [2.45, 2.75) is 31.9 Å². The van der Waals surface area contributed by atoms with Crippen molar-refractivity contribution in [3.63, 3.8) is 0 Å². The first-order chi connectivity index (χ1) is 11.2. The number of para-hydroxylation sites is 2. The third-order valence-corrected chi connectivity index (χ3v) is 3.90. The van der Waals surface area contributed by atoms with Crippen molar-refractivity contribution in [3.8, 4) is 11.5 Å². The van der Waals surface area contributed by atoms with Gasteiger partial charge in [0.2, 0.25) is 6.10 Å². The summed E-state index contributed by atoms with van der Waals surface area (Å²) in [5.41, 5.74) is 1.28. The summed E-state index contributed by atoms with van der Waals surface area (Å²) in [6.07, 6.45) is 1.23. The molecule has 0 saturated carbocycles. The van der Waals surface area contributed by atoms with E-state index in [0.29, 0.717) is 11.5 Å². The molecular weight excluding hydrogens is 290 g/mol. The molecule has 2 atom stereocenters. The lowest BCUT2D eigenvalue weighted by atomic mass is 10.1. The van der Waals surface area contributed by atoms with Gasteiger partial charge in [-0.15, -0.1) is 0 Å². The van der Waals surface area contributed by atoms with Crippen molar-refractivity contribution < 1.29 is 14.3 Å². The summed E-state index contributed by atoms with van der Waals surface area (Å²) >= 11 is 0. The molecule has 0 bridgehead atoms. The molecule has 1 aliphatic rings. The lowest BCUT2D eigenvalue weighted by Gasteiger charge is -2.26. The fourth-order valence-electron chi connectivity index (χ4n) is 2.58. The summed E-state index contributed by atoms with van der Waals surface area (Å²) in [4.78, 5) is 12.3. The Bertz CT molecular complexity index is 657.